The van der Waals surface area contributed by atoms with Crippen molar-refractivity contribution in [3.63, 3.8) is 0 Å². The first-order chi connectivity index (χ1) is 12.7. The summed E-state index contributed by atoms with van der Waals surface area (Å²) in [7, 11) is 0. The summed E-state index contributed by atoms with van der Waals surface area (Å²) in [5.74, 6) is -0.441. The molecule has 6 heteroatoms. The molecule has 130 valence electrons. The highest BCUT2D eigenvalue weighted by atomic mass is 32.1. The number of amides is 2. The lowest BCUT2D eigenvalue weighted by Gasteiger charge is -2.09. The standard InChI is InChI=1S/C20H17N3O2S/c24-18(13-6-5-11-21-12-13)23-20-17(15-9-4-10-16(15)26-20)19(25)22-14-7-2-1-3-8-14/h1-3,5-8,11-12H,4,9-10H2,(H,22,25)(H,23,24). The predicted octanol–water partition coefficient (Wildman–Crippen LogP) is 4.14. The number of aryl methyl sites for hydroxylation is 1. The molecular weight excluding hydrogens is 346 g/mol. The third-order valence-electron chi connectivity index (χ3n) is 4.33. The Morgan fingerprint density at radius 1 is 0.962 bits per heavy atom. The fourth-order valence-corrected chi connectivity index (χ4v) is 4.40. The van der Waals surface area contributed by atoms with Crippen LogP contribution in [0.2, 0.25) is 0 Å². The van der Waals surface area contributed by atoms with Crippen LogP contribution >= 0.6 is 11.3 Å². The van der Waals surface area contributed by atoms with Gasteiger partial charge in [0.1, 0.15) is 5.00 Å². The zero-order valence-electron chi connectivity index (χ0n) is 14.0. The lowest BCUT2D eigenvalue weighted by molar-refractivity contribution is 0.102. The van der Waals surface area contributed by atoms with E-state index in [0.717, 1.165) is 30.5 Å². The third kappa shape index (κ3) is 3.23. The van der Waals surface area contributed by atoms with E-state index in [2.05, 4.69) is 15.6 Å². The molecule has 0 unspecified atom stereocenters. The molecule has 1 aliphatic rings. The van der Waals surface area contributed by atoms with Crippen molar-refractivity contribution in [1.29, 1.82) is 0 Å². The molecule has 26 heavy (non-hydrogen) atoms. The normalized spacial score (nSPS) is 12.5. The van der Waals surface area contributed by atoms with Crippen LogP contribution in [0.3, 0.4) is 0 Å². The monoisotopic (exact) mass is 363 g/mol. The van der Waals surface area contributed by atoms with Gasteiger partial charge >= 0.3 is 0 Å². The van der Waals surface area contributed by atoms with Crippen LogP contribution in [0.25, 0.3) is 0 Å². The van der Waals surface area contributed by atoms with Gasteiger partial charge < -0.3 is 10.6 Å². The number of aromatic nitrogens is 1. The van der Waals surface area contributed by atoms with Gasteiger partial charge in [0.15, 0.2) is 0 Å². The maximum absolute atomic E-state index is 12.9. The largest absolute Gasteiger partial charge is 0.322 e. The summed E-state index contributed by atoms with van der Waals surface area (Å²) in [6.07, 6.45) is 6.00. The van der Waals surface area contributed by atoms with Crippen molar-refractivity contribution in [3.05, 3.63) is 76.4 Å². The Kier molecular flexibility index (Phi) is 4.50. The summed E-state index contributed by atoms with van der Waals surface area (Å²) >= 11 is 1.50. The van der Waals surface area contributed by atoms with Crippen molar-refractivity contribution in [2.45, 2.75) is 19.3 Å². The van der Waals surface area contributed by atoms with Crippen LogP contribution < -0.4 is 10.6 Å². The van der Waals surface area contributed by atoms with Crippen LogP contribution in [0.5, 0.6) is 0 Å². The summed E-state index contributed by atoms with van der Waals surface area (Å²) in [6, 6.07) is 12.8. The van der Waals surface area contributed by atoms with Crippen LogP contribution in [0.4, 0.5) is 10.7 Å². The van der Waals surface area contributed by atoms with Gasteiger partial charge in [0.05, 0.1) is 11.1 Å². The van der Waals surface area contributed by atoms with Gasteiger partial charge in [-0.25, -0.2) is 0 Å². The van der Waals surface area contributed by atoms with E-state index in [4.69, 9.17) is 0 Å². The van der Waals surface area contributed by atoms with E-state index in [1.54, 1.807) is 18.3 Å². The first-order valence-electron chi connectivity index (χ1n) is 8.44. The summed E-state index contributed by atoms with van der Waals surface area (Å²) < 4.78 is 0. The second-order valence-electron chi connectivity index (χ2n) is 6.08. The van der Waals surface area contributed by atoms with Crippen molar-refractivity contribution < 1.29 is 9.59 Å². The van der Waals surface area contributed by atoms with Gasteiger partial charge in [-0.2, -0.15) is 0 Å². The average molecular weight is 363 g/mol. The van der Waals surface area contributed by atoms with Crippen molar-refractivity contribution in [1.82, 2.24) is 4.98 Å². The molecule has 5 nitrogen and oxygen atoms in total. The highest BCUT2D eigenvalue weighted by Gasteiger charge is 2.27. The Labute approximate surface area is 155 Å². The Morgan fingerprint density at radius 2 is 1.81 bits per heavy atom. The zero-order chi connectivity index (χ0) is 17.9. The van der Waals surface area contributed by atoms with Crippen LogP contribution in [0.1, 0.15) is 37.6 Å². The van der Waals surface area contributed by atoms with Gasteiger partial charge in [-0.1, -0.05) is 18.2 Å². The molecule has 0 saturated carbocycles. The smallest absolute Gasteiger partial charge is 0.258 e. The molecule has 3 aromatic rings. The van der Waals surface area contributed by atoms with E-state index in [9.17, 15) is 9.59 Å². The number of carbonyl (C=O) groups excluding carboxylic acids is 2. The Morgan fingerprint density at radius 3 is 2.58 bits per heavy atom. The number of thiophene rings is 1. The number of hydrogen-bond acceptors (Lipinski definition) is 4. The minimum absolute atomic E-state index is 0.183. The SMILES string of the molecule is O=C(Nc1sc2c(c1C(=O)Nc1ccccc1)CCC2)c1cccnc1. The zero-order valence-corrected chi connectivity index (χ0v) is 14.8. The van der Waals surface area contributed by atoms with E-state index < -0.39 is 0 Å². The van der Waals surface area contributed by atoms with Crippen LogP contribution in [0, 0.1) is 0 Å². The lowest BCUT2D eigenvalue weighted by Crippen LogP contribution is -2.18. The molecule has 4 rings (SSSR count). The number of fused-ring (bicyclic) bond motifs is 1. The number of nitrogens with zero attached hydrogens (tertiary/aromatic N) is 1. The molecule has 2 heterocycles. The maximum Gasteiger partial charge on any atom is 0.258 e. The first kappa shape index (κ1) is 16.5. The number of nitrogens with one attached hydrogen (secondary N) is 2. The molecule has 2 aromatic heterocycles. The number of pyridine rings is 1. The van der Waals surface area contributed by atoms with Gasteiger partial charge in [-0.15, -0.1) is 11.3 Å². The average Bonchev–Trinajstić information content (AvgIpc) is 3.24. The van der Waals surface area contributed by atoms with Crippen molar-refractivity contribution in [3.8, 4) is 0 Å². The van der Waals surface area contributed by atoms with Crippen molar-refractivity contribution in [2.75, 3.05) is 10.6 Å². The van der Waals surface area contributed by atoms with E-state index >= 15 is 0 Å². The van der Waals surface area contributed by atoms with Gasteiger partial charge in [-0.3, -0.25) is 14.6 Å². The van der Waals surface area contributed by atoms with Crippen molar-refractivity contribution >= 4 is 33.8 Å². The van der Waals surface area contributed by atoms with Crippen LogP contribution in [-0.4, -0.2) is 16.8 Å². The van der Waals surface area contributed by atoms with E-state index in [0.29, 0.717) is 16.1 Å². The van der Waals surface area contributed by atoms with Gasteiger partial charge in [0.25, 0.3) is 11.8 Å². The topological polar surface area (TPSA) is 71.1 Å². The first-order valence-corrected chi connectivity index (χ1v) is 9.26. The molecule has 2 amide bonds. The summed E-state index contributed by atoms with van der Waals surface area (Å²) in [5.41, 5.74) is 2.85. The van der Waals surface area contributed by atoms with Gasteiger partial charge in [0, 0.05) is 23.0 Å². The Balaban J connectivity index is 1.63. The number of benzene rings is 1. The minimum atomic E-state index is -0.258. The summed E-state index contributed by atoms with van der Waals surface area (Å²) in [4.78, 5) is 30.6. The number of hydrogen-bond donors (Lipinski definition) is 2. The lowest BCUT2D eigenvalue weighted by atomic mass is 10.1. The second-order valence-corrected chi connectivity index (χ2v) is 7.18. The van der Waals surface area contributed by atoms with Gasteiger partial charge in [-0.05, 0) is 49.1 Å². The van der Waals surface area contributed by atoms with Crippen LogP contribution in [0.15, 0.2) is 54.9 Å². The third-order valence-corrected chi connectivity index (χ3v) is 5.54. The number of anilines is 2. The highest BCUT2D eigenvalue weighted by molar-refractivity contribution is 7.17. The summed E-state index contributed by atoms with van der Waals surface area (Å²) in [5, 5.41) is 6.44. The molecule has 0 atom stereocenters. The molecule has 2 N–H and O–H groups in total. The maximum atomic E-state index is 12.9. The summed E-state index contributed by atoms with van der Waals surface area (Å²) in [6.45, 7) is 0. The fraction of sp³-hybridized carbons (Fsp3) is 0.150. The molecule has 0 radical (unpaired) electrons. The molecule has 0 saturated heterocycles. The second kappa shape index (κ2) is 7.09. The Bertz CT molecular complexity index is 952. The van der Waals surface area contributed by atoms with E-state index in [1.807, 2.05) is 30.3 Å². The minimum Gasteiger partial charge on any atom is -0.322 e. The quantitative estimate of drug-likeness (QED) is 0.732. The van der Waals surface area contributed by atoms with Crippen LogP contribution in [-0.2, 0) is 12.8 Å². The Hall–Kier alpha value is -2.99. The number of rotatable bonds is 4. The molecule has 0 bridgehead atoms. The van der Waals surface area contributed by atoms with E-state index in [-0.39, 0.29) is 11.8 Å². The van der Waals surface area contributed by atoms with E-state index in [1.165, 1.54) is 22.4 Å². The molecule has 0 fully saturated rings. The molecular formula is C20H17N3O2S. The fourth-order valence-electron chi connectivity index (χ4n) is 3.12. The molecule has 0 spiro atoms. The van der Waals surface area contributed by atoms with Crippen molar-refractivity contribution in [2.24, 2.45) is 0 Å². The molecule has 0 aliphatic heterocycles. The molecule has 1 aromatic carbocycles. The highest BCUT2D eigenvalue weighted by Crippen LogP contribution is 2.39. The van der Waals surface area contributed by atoms with Gasteiger partial charge in [0.2, 0.25) is 0 Å². The molecule has 1 aliphatic carbocycles. The number of carbonyl (C=O) groups is 2. The number of para-hydroxylation sites is 1. The predicted molar refractivity (Wildman–Crippen MR) is 103 cm³/mol.